The van der Waals surface area contributed by atoms with Crippen LogP contribution in [-0.4, -0.2) is 89.2 Å². The molecule has 8 heteroatoms. The van der Waals surface area contributed by atoms with Gasteiger partial charge in [0.15, 0.2) is 6.10 Å². The van der Waals surface area contributed by atoms with Crippen LogP contribution in [0.25, 0.3) is 0 Å². The third kappa shape index (κ3) is 25.9. The molecule has 0 bridgehead atoms. The van der Waals surface area contributed by atoms with Crippen molar-refractivity contribution in [1.29, 1.82) is 0 Å². The Kier molecular flexibility index (Phi) is 25.0. The molecule has 0 aliphatic rings. The van der Waals surface area contributed by atoms with Gasteiger partial charge in [0.25, 0.3) is 0 Å². The topological polar surface area (TPSA) is 80.3 Å². The Morgan fingerprint density at radius 3 is 1.65 bits per heavy atom. The lowest BCUT2D eigenvalue weighted by Gasteiger charge is -2.20. The lowest BCUT2D eigenvalue weighted by molar-refractivity contribution is -0.0198. The van der Waals surface area contributed by atoms with Crippen LogP contribution in [0.5, 0.6) is 0 Å². The smallest absolute Gasteiger partial charge is 0.409 e. The minimum Gasteiger partial charge on any atom is -0.446 e. The van der Waals surface area contributed by atoms with Crippen LogP contribution in [0.1, 0.15) is 110 Å². The molecule has 0 rings (SSSR count). The second-order valence-corrected chi connectivity index (χ2v) is 10.6. The number of rotatable bonds is 25. The summed E-state index contributed by atoms with van der Waals surface area (Å²) in [4.78, 5) is 27.1. The largest absolute Gasteiger partial charge is 0.446 e. The Hall–Kier alpha value is -1.54. The maximum absolute atomic E-state index is 11.9. The number of alkyl carbamates (subject to hydrolysis) is 1. The van der Waals surface area contributed by atoms with E-state index in [9.17, 15) is 9.59 Å². The summed E-state index contributed by atoms with van der Waals surface area (Å²) in [6, 6.07) is 0. The van der Waals surface area contributed by atoms with Crippen LogP contribution >= 0.6 is 0 Å². The van der Waals surface area contributed by atoms with Crippen molar-refractivity contribution in [3.8, 4) is 0 Å². The standard InChI is InChI=1S/C29H59N3O5/c1-6-7-8-9-10-11-12-13-14-15-16-17-18-19-20-21-24-35-25-27(37-29(34)32(4)5)26-36-28(33)30-22-23-31(2)3/h27H,6-26H2,1-5H3,(H,30,33). The highest BCUT2D eigenvalue weighted by molar-refractivity contribution is 5.68. The molecule has 0 spiro atoms. The maximum Gasteiger partial charge on any atom is 0.409 e. The molecule has 0 fully saturated rings. The van der Waals surface area contributed by atoms with E-state index in [0.29, 0.717) is 13.2 Å². The van der Waals surface area contributed by atoms with E-state index >= 15 is 0 Å². The number of hydrogen-bond acceptors (Lipinski definition) is 6. The molecule has 0 aliphatic heterocycles. The Labute approximate surface area is 228 Å². The van der Waals surface area contributed by atoms with Gasteiger partial charge in [-0.2, -0.15) is 0 Å². The zero-order valence-electron chi connectivity index (χ0n) is 24.9. The minimum atomic E-state index is -0.629. The number of carbonyl (C=O) groups excluding carboxylic acids is 2. The first kappa shape index (κ1) is 35.5. The number of likely N-dealkylation sites (N-methyl/N-ethyl adjacent to an activating group) is 1. The number of amides is 2. The van der Waals surface area contributed by atoms with Crippen LogP contribution in [0.3, 0.4) is 0 Å². The van der Waals surface area contributed by atoms with Crippen molar-refractivity contribution in [2.75, 3.05) is 61.1 Å². The second-order valence-electron chi connectivity index (χ2n) is 10.6. The van der Waals surface area contributed by atoms with Crippen molar-refractivity contribution in [3.63, 3.8) is 0 Å². The molecular weight excluding hydrogens is 470 g/mol. The van der Waals surface area contributed by atoms with Crippen molar-refractivity contribution >= 4 is 12.2 Å². The molecule has 0 saturated carbocycles. The van der Waals surface area contributed by atoms with E-state index in [2.05, 4.69) is 12.2 Å². The quantitative estimate of drug-likeness (QED) is 0.134. The summed E-state index contributed by atoms with van der Waals surface area (Å²) in [5.41, 5.74) is 0. The van der Waals surface area contributed by atoms with E-state index < -0.39 is 18.3 Å². The summed E-state index contributed by atoms with van der Waals surface area (Å²) in [6.07, 6.45) is 19.7. The summed E-state index contributed by atoms with van der Waals surface area (Å²) in [5, 5.41) is 2.68. The normalized spacial score (nSPS) is 11.9. The Bertz CT molecular complexity index is 532. The molecule has 0 aromatic heterocycles. The zero-order valence-corrected chi connectivity index (χ0v) is 24.9. The van der Waals surface area contributed by atoms with E-state index in [1.165, 1.54) is 94.8 Å². The van der Waals surface area contributed by atoms with Crippen molar-refractivity contribution in [2.24, 2.45) is 0 Å². The SMILES string of the molecule is CCCCCCCCCCCCCCCCCCOCC(COC(=O)NCCN(C)C)OC(=O)N(C)C. The Morgan fingerprint density at radius 2 is 1.19 bits per heavy atom. The number of hydrogen-bond donors (Lipinski definition) is 1. The van der Waals surface area contributed by atoms with Crippen LogP contribution in [0.15, 0.2) is 0 Å². The van der Waals surface area contributed by atoms with E-state index in [1.54, 1.807) is 14.1 Å². The van der Waals surface area contributed by atoms with E-state index in [1.807, 2.05) is 19.0 Å². The predicted molar refractivity (Wildman–Crippen MR) is 152 cm³/mol. The molecule has 37 heavy (non-hydrogen) atoms. The van der Waals surface area contributed by atoms with E-state index in [0.717, 1.165) is 19.4 Å². The van der Waals surface area contributed by atoms with E-state index in [4.69, 9.17) is 14.2 Å². The number of nitrogens with zero attached hydrogens (tertiary/aromatic N) is 2. The molecule has 1 unspecified atom stereocenters. The molecule has 0 aromatic carbocycles. The Morgan fingerprint density at radius 1 is 0.703 bits per heavy atom. The summed E-state index contributed by atoms with van der Waals surface area (Å²) in [7, 11) is 7.10. The molecule has 0 radical (unpaired) electrons. The summed E-state index contributed by atoms with van der Waals surface area (Å²) < 4.78 is 16.3. The lowest BCUT2D eigenvalue weighted by Crippen LogP contribution is -2.37. The zero-order chi connectivity index (χ0) is 27.6. The molecule has 2 amide bonds. The molecule has 0 heterocycles. The fraction of sp³-hybridized carbons (Fsp3) is 0.931. The van der Waals surface area contributed by atoms with Gasteiger partial charge in [0.2, 0.25) is 0 Å². The highest BCUT2D eigenvalue weighted by atomic mass is 16.6. The second kappa shape index (κ2) is 26.1. The van der Waals surface area contributed by atoms with Crippen LogP contribution in [-0.2, 0) is 14.2 Å². The third-order valence-corrected chi connectivity index (χ3v) is 6.31. The number of nitrogens with one attached hydrogen (secondary N) is 1. The van der Waals surface area contributed by atoms with Gasteiger partial charge in [0.1, 0.15) is 6.61 Å². The van der Waals surface area contributed by atoms with Gasteiger partial charge in [-0.3, -0.25) is 0 Å². The Balaban J connectivity index is 3.73. The van der Waals surface area contributed by atoms with Gasteiger partial charge in [0.05, 0.1) is 6.61 Å². The summed E-state index contributed by atoms with van der Waals surface area (Å²) in [5.74, 6) is 0. The average molecular weight is 530 g/mol. The molecule has 1 N–H and O–H groups in total. The minimum absolute atomic E-state index is 0.0354. The van der Waals surface area contributed by atoms with Gasteiger partial charge in [-0.25, -0.2) is 9.59 Å². The molecule has 0 saturated heterocycles. The maximum atomic E-state index is 11.9. The first-order valence-electron chi connectivity index (χ1n) is 14.9. The highest BCUT2D eigenvalue weighted by Crippen LogP contribution is 2.13. The molecule has 8 nitrogen and oxygen atoms in total. The third-order valence-electron chi connectivity index (χ3n) is 6.31. The van der Waals surface area contributed by atoms with Crippen molar-refractivity contribution < 1.29 is 23.8 Å². The monoisotopic (exact) mass is 529 g/mol. The van der Waals surface area contributed by atoms with Crippen molar-refractivity contribution in [1.82, 2.24) is 15.1 Å². The van der Waals surface area contributed by atoms with Crippen molar-refractivity contribution in [2.45, 2.75) is 116 Å². The van der Waals surface area contributed by atoms with Gasteiger partial charge in [-0.05, 0) is 20.5 Å². The predicted octanol–water partition coefficient (Wildman–Crippen LogP) is 6.62. The molecule has 220 valence electrons. The summed E-state index contributed by atoms with van der Waals surface area (Å²) in [6.45, 7) is 4.27. The first-order valence-corrected chi connectivity index (χ1v) is 14.9. The van der Waals surface area contributed by atoms with Crippen LogP contribution in [0.2, 0.25) is 0 Å². The average Bonchev–Trinajstić information content (AvgIpc) is 2.85. The molecule has 0 aromatic rings. The summed E-state index contributed by atoms with van der Waals surface area (Å²) >= 11 is 0. The van der Waals surface area contributed by atoms with Gasteiger partial charge in [0, 0.05) is 33.8 Å². The number of unbranched alkanes of at least 4 members (excludes halogenated alkanes) is 15. The highest BCUT2D eigenvalue weighted by Gasteiger charge is 2.18. The van der Waals surface area contributed by atoms with E-state index in [-0.39, 0.29) is 13.2 Å². The van der Waals surface area contributed by atoms with Crippen LogP contribution in [0.4, 0.5) is 9.59 Å². The number of carbonyl (C=O) groups is 2. The van der Waals surface area contributed by atoms with Gasteiger partial charge < -0.3 is 29.3 Å². The molecule has 1 atom stereocenters. The van der Waals surface area contributed by atoms with Gasteiger partial charge >= 0.3 is 12.2 Å². The van der Waals surface area contributed by atoms with Crippen LogP contribution in [0, 0.1) is 0 Å². The van der Waals surface area contributed by atoms with Crippen molar-refractivity contribution in [3.05, 3.63) is 0 Å². The van der Waals surface area contributed by atoms with Gasteiger partial charge in [-0.15, -0.1) is 0 Å². The van der Waals surface area contributed by atoms with Crippen LogP contribution < -0.4 is 5.32 Å². The lowest BCUT2D eigenvalue weighted by atomic mass is 10.0. The fourth-order valence-corrected chi connectivity index (χ4v) is 3.93. The molecule has 0 aliphatic carbocycles. The number of ether oxygens (including phenoxy) is 3. The molecular formula is C29H59N3O5. The van der Waals surface area contributed by atoms with Gasteiger partial charge in [-0.1, -0.05) is 103 Å². The first-order chi connectivity index (χ1) is 17.9. The fourth-order valence-electron chi connectivity index (χ4n) is 3.93.